The van der Waals surface area contributed by atoms with Crippen LogP contribution in [0.5, 0.6) is 0 Å². The minimum absolute atomic E-state index is 0.000944. The van der Waals surface area contributed by atoms with Gasteiger partial charge >= 0.3 is 11.9 Å². The van der Waals surface area contributed by atoms with Crippen LogP contribution >= 0.6 is 0 Å². The van der Waals surface area contributed by atoms with Gasteiger partial charge in [-0.3, -0.25) is 9.59 Å². The van der Waals surface area contributed by atoms with Crippen LogP contribution in [0.25, 0.3) is 0 Å². The summed E-state index contributed by atoms with van der Waals surface area (Å²) in [5.41, 5.74) is -0.0240. The second-order valence-electron chi connectivity index (χ2n) is 8.14. The van der Waals surface area contributed by atoms with Crippen molar-refractivity contribution >= 4 is 11.9 Å². The Balaban J connectivity index is 2.47. The summed E-state index contributed by atoms with van der Waals surface area (Å²) >= 11 is 0. The molecule has 0 aromatic carbocycles. The molecule has 1 saturated heterocycles. The van der Waals surface area contributed by atoms with Gasteiger partial charge in [0.1, 0.15) is 6.10 Å². The highest BCUT2D eigenvalue weighted by Gasteiger charge is 2.47. The fraction of sp³-hybridized carbons (Fsp3) is 0.900. The first-order chi connectivity index (χ1) is 11.7. The third kappa shape index (κ3) is 6.61. The fourth-order valence-electron chi connectivity index (χ4n) is 3.80. The van der Waals surface area contributed by atoms with Gasteiger partial charge < -0.3 is 15.2 Å². The molecule has 4 atom stereocenters. The number of carbonyl (C=O) groups is 2. The highest BCUT2D eigenvalue weighted by molar-refractivity contribution is 5.69. The Labute approximate surface area is 152 Å². The number of rotatable bonds is 10. The minimum atomic E-state index is -0.753. The lowest BCUT2D eigenvalue weighted by atomic mass is 9.70. The van der Waals surface area contributed by atoms with Crippen LogP contribution in [-0.2, 0) is 14.3 Å². The molecule has 0 amide bonds. The molecule has 1 heterocycles. The van der Waals surface area contributed by atoms with Crippen molar-refractivity contribution in [2.24, 2.45) is 5.92 Å². The lowest BCUT2D eigenvalue weighted by molar-refractivity contribution is -0.159. The average molecular weight is 356 g/mol. The zero-order valence-corrected chi connectivity index (χ0v) is 16.7. The van der Waals surface area contributed by atoms with Gasteiger partial charge in [-0.1, -0.05) is 33.6 Å². The van der Waals surface area contributed by atoms with Gasteiger partial charge in [-0.25, -0.2) is 0 Å². The minimum Gasteiger partial charge on any atom is -0.481 e. The van der Waals surface area contributed by atoms with Crippen LogP contribution in [0.15, 0.2) is 0 Å². The van der Waals surface area contributed by atoms with Crippen molar-refractivity contribution in [2.45, 2.75) is 110 Å². The summed E-state index contributed by atoms with van der Waals surface area (Å²) < 4.78 is 5.87. The van der Waals surface area contributed by atoms with Crippen LogP contribution in [0, 0.1) is 5.92 Å². The number of unbranched alkanes of at least 4 members (excludes halogenated alkanes) is 3. The quantitative estimate of drug-likeness (QED) is 0.451. The number of nitrogens with one attached hydrogen (secondary N) is 1. The Morgan fingerprint density at radius 1 is 1.08 bits per heavy atom. The van der Waals surface area contributed by atoms with E-state index in [-0.39, 0.29) is 35.5 Å². The van der Waals surface area contributed by atoms with Crippen LogP contribution in [0.4, 0.5) is 0 Å². The second kappa shape index (κ2) is 9.56. The number of piperidine rings is 1. The third-order valence-corrected chi connectivity index (χ3v) is 6.12. The van der Waals surface area contributed by atoms with E-state index in [1.165, 1.54) is 0 Å². The topological polar surface area (TPSA) is 75.6 Å². The first-order valence-electron chi connectivity index (χ1n) is 9.86. The number of esters is 1. The Hall–Kier alpha value is -1.10. The molecule has 25 heavy (non-hydrogen) atoms. The van der Waals surface area contributed by atoms with Crippen molar-refractivity contribution in [1.82, 2.24) is 5.32 Å². The normalized spacial score (nSPS) is 32.4. The van der Waals surface area contributed by atoms with Crippen LogP contribution < -0.4 is 5.32 Å². The van der Waals surface area contributed by atoms with Crippen molar-refractivity contribution < 1.29 is 19.4 Å². The molecule has 0 bridgehead atoms. The van der Waals surface area contributed by atoms with Crippen molar-refractivity contribution in [3.05, 3.63) is 0 Å². The summed E-state index contributed by atoms with van der Waals surface area (Å²) in [5, 5.41) is 12.4. The maximum atomic E-state index is 12.3. The number of hydrogen-bond donors (Lipinski definition) is 2. The largest absolute Gasteiger partial charge is 0.481 e. The Kier molecular flexibility index (Phi) is 8.39. The second-order valence-corrected chi connectivity index (χ2v) is 8.14. The van der Waals surface area contributed by atoms with E-state index in [1.807, 2.05) is 0 Å². The molecule has 1 aliphatic heterocycles. The Morgan fingerprint density at radius 2 is 1.68 bits per heavy atom. The molecule has 1 aliphatic rings. The van der Waals surface area contributed by atoms with Gasteiger partial charge in [-0.2, -0.15) is 0 Å². The summed E-state index contributed by atoms with van der Waals surface area (Å²) in [6, 6.07) is 0. The Bertz CT molecular complexity index is 453. The number of aliphatic carboxylic acids is 1. The van der Waals surface area contributed by atoms with Crippen LogP contribution in [0.1, 0.15) is 92.4 Å². The van der Waals surface area contributed by atoms with Crippen LogP contribution in [-0.4, -0.2) is 34.2 Å². The number of carboxylic acid groups (broad SMARTS) is 1. The molecule has 0 aromatic rings. The SMILES string of the molecule is CCC1(C)CC(OC(=O)CCCCCCC(=O)O)C(C)C(C)(CC)N1. The third-order valence-electron chi connectivity index (χ3n) is 6.12. The van der Waals surface area contributed by atoms with E-state index in [9.17, 15) is 9.59 Å². The first-order valence-corrected chi connectivity index (χ1v) is 9.86. The molecule has 146 valence electrons. The average Bonchev–Trinajstić information content (AvgIpc) is 2.55. The first kappa shape index (κ1) is 21.9. The van der Waals surface area contributed by atoms with E-state index < -0.39 is 5.97 Å². The van der Waals surface area contributed by atoms with E-state index >= 15 is 0 Å². The predicted molar refractivity (Wildman–Crippen MR) is 99.5 cm³/mol. The lowest BCUT2D eigenvalue weighted by Crippen LogP contribution is -2.66. The zero-order chi connectivity index (χ0) is 19.1. The molecule has 0 saturated carbocycles. The molecular formula is C20H37NO4. The number of carbonyl (C=O) groups excluding carboxylic acids is 1. The molecule has 0 spiro atoms. The van der Waals surface area contributed by atoms with Gasteiger partial charge in [0.2, 0.25) is 0 Å². The molecule has 0 aromatic heterocycles. The predicted octanol–water partition coefficient (Wildman–Crippen LogP) is 4.29. The van der Waals surface area contributed by atoms with Crippen molar-refractivity contribution in [3.8, 4) is 0 Å². The summed E-state index contributed by atoms with van der Waals surface area (Å²) in [6.45, 7) is 11.0. The van der Waals surface area contributed by atoms with Gasteiger partial charge in [0.25, 0.3) is 0 Å². The number of hydrogen-bond acceptors (Lipinski definition) is 4. The summed E-state index contributed by atoms with van der Waals surface area (Å²) in [7, 11) is 0. The molecule has 2 N–H and O–H groups in total. The van der Waals surface area contributed by atoms with Gasteiger partial charge in [-0.05, 0) is 39.5 Å². The highest BCUT2D eigenvalue weighted by Crippen LogP contribution is 2.38. The van der Waals surface area contributed by atoms with E-state index in [2.05, 4.69) is 39.9 Å². The zero-order valence-electron chi connectivity index (χ0n) is 16.7. The summed E-state index contributed by atoms with van der Waals surface area (Å²) in [4.78, 5) is 22.7. The maximum absolute atomic E-state index is 12.3. The number of ether oxygens (including phenoxy) is 1. The van der Waals surface area contributed by atoms with E-state index in [0.717, 1.165) is 38.5 Å². The molecule has 0 radical (unpaired) electrons. The highest BCUT2D eigenvalue weighted by atomic mass is 16.5. The molecule has 1 rings (SSSR count). The van der Waals surface area contributed by atoms with Crippen LogP contribution in [0.2, 0.25) is 0 Å². The van der Waals surface area contributed by atoms with Crippen molar-refractivity contribution in [2.75, 3.05) is 0 Å². The van der Waals surface area contributed by atoms with Crippen molar-refractivity contribution in [3.63, 3.8) is 0 Å². The lowest BCUT2D eigenvalue weighted by Gasteiger charge is -2.52. The standard InChI is InChI=1S/C20H37NO4/c1-6-19(4)14-16(15(3)20(5,7-2)21-19)25-18(24)13-11-9-8-10-12-17(22)23/h15-16,21H,6-14H2,1-5H3,(H,22,23). The van der Waals surface area contributed by atoms with Gasteiger partial charge in [0.15, 0.2) is 0 Å². The van der Waals surface area contributed by atoms with E-state index in [4.69, 9.17) is 9.84 Å². The van der Waals surface area contributed by atoms with Gasteiger partial charge in [0.05, 0.1) is 0 Å². The smallest absolute Gasteiger partial charge is 0.306 e. The monoisotopic (exact) mass is 355 g/mol. The number of carboxylic acids is 1. The molecule has 4 unspecified atom stereocenters. The molecule has 5 heteroatoms. The summed E-state index contributed by atoms with van der Waals surface area (Å²) in [6.07, 6.45) is 6.63. The Morgan fingerprint density at radius 3 is 2.20 bits per heavy atom. The van der Waals surface area contributed by atoms with E-state index in [1.54, 1.807) is 0 Å². The molecule has 1 fully saturated rings. The van der Waals surface area contributed by atoms with Gasteiger partial charge in [-0.15, -0.1) is 0 Å². The fourth-order valence-corrected chi connectivity index (χ4v) is 3.80. The maximum Gasteiger partial charge on any atom is 0.306 e. The molecule has 5 nitrogen and oxygen atoms in total. The molecule has 0 aliphatic carbocycles. The van der Waals surface area contributed by atoms with E-state index in [0.29, 0.717) is 12.8 Å². The van der Waals surface area contributed by atoms with Crippen LogP contribution in [0.3, 0.4) is 0 Å². The molecular weight excluding hydrogens is 318 g/mol. The van der Waals surface area contributed by atoms with Gasteiger partial charge in [0, 0.05) is 36.3 Å². The van der Waals surface area contributed by atoms with Crippen molar-refractivity contribution in [1.29, 1.82) is 0 Å². The summed E-state index contributed by atoms with van der Waals surface area (Å²) in [5.74, 6) is -0.595.